The average Bonchev–Trinajstić information content (AvgIpc) is 2.98. The fraction of sp³-hybridized carbons (Fsp3) is 0.0714. The van der Waals surface area contributed by atoms with Crippen molar-refractivity contribution < 1.29 is 18.9 Å². The van der Waals surface area contributed by atoms with Gasteiger partial charge in [-0.05, 0) is 24.3 Å². The van der Waals surface area contributed by atoms with Crippen LogP contribution in [0, 0.1) is 10.1 Å². The van der Waals surface area contributed by atoms with E-state index in [-0.39, 0.29) is 11.4 Å². The van der Waals surface area contributed by atoms with E-state index in [1.54, 1.807) is 12.1 Å². The van der Waals surface area contributed by atoms with Crippen LogP contribution >= 0.6 is 0 Å². The molecule has 108 valence electrons. The monoisotopic (exact) mass is 288 g/mol. The second-order valence-corrected chi connectivity index (χ2v) is 3.98. The molecule has 0 saturated carbocycles. The van der Waals surface area contributed by atoms with Gasteiger partial charge in [0.25, 0.3) is 5.69 Å². The Hall–Kier alpha value is -3.09. The van der Waals surface area contributed by atoms with E-state index in [9.17, 15) is 14.9 Å². The zero-order valence-corrected chi connectivity index (χ0v) is 11.1. The highest BCUT2D eigenvalue weighted by molar-refractivity contribution is 6.02. The smallest absolute Gasteiger partial charge is 0.273 e. The van der Waals surface area contributed by atoms with Gasteiger partial charge in [-0.1, -0.05) is 0 Å². The third-order valence-electron chi connectivity index (χ3n) is 2.60. The summed E-state index contributed by atoms with van der Waals surface area (Å²) in [5.74, 6) is 0.350. The fourth-order valence-corrected chi connectivity index (χ4v) is 1.62. The molecule has 1 aromatic heterocycles. The Morgan fingerprint density at radius 2 is 2.24 bits per heavy atom. The maximum Gasteiger partial charge on any atom is 0.273 e. The molecule has 2 rings (SSSR count). The number of hydrogen-bond donors (Lipinski definition) is 1. The van der Waals surface area contributed by atoms with Gasteiger partial charge < -0.3 is 14.5 Å². The Kier molecular flexibility index (Phi) is 4.35. The molecular formula is C14H12N2O5. The maximum absolute atomic E-state index is 11.8. The lowest BCUT2D eigenvalue weighted by Crippen LogP contribution is -2.09. The number of nitrogens with zero attached hydrogens (tertiary/aromatic N) is 1. The second kappa shape index (κ2) is 6.38. The lowest BCUT2D eigenvalue weighted by molar-refractivity contribution is -0.384. The summed E-state index contributed by atoms with van der Waals surface area (Å²) in [5, 5.41) is 13.3. The molecule has 2 aromatic rings. The average molecular weight is 288 g/mol. The normalized spacial score (nSPS) is 10.5. The molecule has 0 saturated heterocycles. The van der Waals surface area contributed by atoms with Gasteiger partial charge in [0.15, 0.2) is 0 Å². The van der Waals surface area contributed by atoms with E-state index in [2.05, 4.69) is 5.32 Å². The van der Waals surface area contributed by atoms with E-state index in [0.29, 0.717) is 11.4 Å². The summed E-state index contributed by atoms with van der Waals surface area (Å²) in [6.07, 6.45) is 4.30. The molecule has 1 heterocycles. The van der Waals surface area contributed by atoms with E-state index < -0.39 is 10.8 Å². The number of benzene rings is 1. The van der Waals surface area contributed by atoms with Gasteiger partial charge in [-0.25, -0.2) is 0 Å². The van der Waals surface area contributed by atoms with Gasteiger partial charge >= 0.3 is 0 Å². The first-order valence-electron chi connectivity index (χ1n) is 5.95. The molecule has 0 radical (unpaired) electrons. The number of ether oxygens (including phenoxy) is 1. The molecule has 7 nitrogen and oxygen atoms in total. The third-order valence-corrected chi connectivity index (χ3v) is 2.60. The van der Waals surface area contributed by atoms with Gasteiger partial charge in [0.2, 0.25) is 5.91 Å². The Bertz CT molecular complexity index is 677. The van der Waals surface area contributed by atoms with Crippen LogP contribution in [0.3, 0.4) is 0 Å². The number of rotatable bonds is 5. The van der Waals surface area contributed by atoms with E-state index in [1.807, 2.05) is 0 Å². The van der Waals surface area contributed by atoms with Crippen molar-refractivity contribution in [1.29, 1.82) is 0 Å². The first-order chi connectivity index (χ1) is 10.1. The topological polar surface area (TPSA) is 94.6 Å². The van der Waals surface area contributed by atoms with Crippen LogP contribution in [0.15, 0.2) is 47.1 Å². The van der Waals surface area contributed by atoms with Gasteiger partial charge in [0.1, 0.15) is 11.5 Å². The number of carbonyl (C=O) groups is 1. The zero-order chi connectivity index (χ0) is 15.2. The number of nitro benzene ring substituents is 1. The third kappa shape index (κ3) is 3.69. The van der Waals surface area contributed by atoms with E-state index in [0.717, 1.165) is 0 Å². The van der Waals surface area contributed by atoms with Crippen molar-refractivity contribution in [3.8, 4) is 5.75 Å². The first kappa shape index (κ1) is 14.3. The number of non-ortho nitro benzene ring substituents is 1. The summed E-state index contributed by atoms with van der Waals surface area (Å²) in [5.41, 5.74) is 0.230. The highest BCUT2D eigenvalue weighted by Gasteiger charge is 2.12. The molecule has 1 amide bonds. The molecule has 0 spiro atoms. The molecule has 0 bridgehead atoms. The van der Waals surface area contributed by atoms with E-state index in [4.69, 9.17) is 9.15 Å². The minimum atomic E-state index is -0.537. The molecule has 0 atom stereocenters. The van der Waals surface area contributed by atoms with Crippen LogP contribution in [-0.2, 0) is 4.79 Å². The van der Waals surface area contributed by atoms with Crippen molar-refractivity contribution in [2.24, 2.45) is 0 Å². The molecule has 1 aromatic carbocycles. The van der Waals surface area contributed by atoms with Crippen LogP contribution in [0.2, 0.25) is 0 Å². The van der Waals surface area contributed by atoms with Crippen molar-refractivity contribution in [3.05, 3.63) is 58.5 Å². The summed E-state index contributed by atoms with van der Waals surface area (Å²) >= 11 is 0. The highest BCUT2D eigenvalue weighted by Crippen LogP contribution is 2.28. The summed E-state index contributed by atoms with van der Waals surface area (Å²) in [6.45, 7) is 0. The molecule has 21 heavy (non-hydrogen) atoms. The second-order valence-electron chi connectivity index (χ2n) is 3.98. The Labute approximate surface area is 120 Å². The molecule has 0 fully saturated rings. The van der Waals surface area contributed by atoms with Crippen molar-refractivity contribution in [2.75, 3.05) is 12.4 Å². The van der Waals surface area contributed by atoms with Crippen molar-refractivity contribution >= 4 is 23.4 Å². The summed E-state index contributed by atoms with van der Waals surface area (Å²) in [4.78, 5) is 21.9. The minimum absolute atomic E-state index is 0.115. The van der Waals surface area contributed by atoms with Gasteiger partial charge in [0.05, 0.1) is 30.1 Å². The molecule has 0 aliphatic rings. The highest BCUT2D eigenvalue weighted by atomic mass is 16.6. The zero-order valence-electron chi connectivity index (χ0n) is 11.1. The van der Waals surface area contributed by atoms with Gasteiger partial charge in [-0.2, -0.15) is 0 Å². The van der Waals surface area contributed by atoms with Gasteiger partial charge in [0, 0.05) is 12.1 Å². The summed E-state index contributed by atoms with van der Waals surface area (Å²) in [6, 6.07) is 7.35. The van der Waals surface area contributed by atoms with Crippen molar-refractivity contribution in [1.82, 2.24) is 0 Å². The molecule has 0 unspecified atom stereocenters. The Morgan fingerprint density at radius 1 is 1.43 bits per heavy atom. The number of nitro groups is 1. The maximum atomic E-state index is 11.8. The van der Waals surface area contributed by atoms with Crippen LogP contribution in [0.1, 0.15) is 5.76 Å². The number of hydrogen-bond acceptors (Lipinski definition) is 5. The van der Waals surface area contributed by atoms with Crippen LogP contribution < -0.4 is 10.1 Å². The number of furan rings is 1. The molecule has 7 heteroatoms. The number of amides is 1. The molecule has 0 aliphatic heterocycles. The number of carbonyl (C=O) groups excluding carboxylic acids is 1. The molecule has 1 N–H and O–H groups in total. The number of nitrogens with one attached hydrogen (secondary N) is 1. The molecule has 0 aliphatic carbocycles. The van der Waals surface area contributed by atoms with Gasteiger partial charge in [-0.3, -0.25) is 14.9 Å². The van der Waals surface area contributed by atoms with Crippen LogP contribution in [0.5, 0.6) is 5.75 Å². The van der Waals surface area contributed by atoms with Crippen molar-refractivity contribution in [2.45, 2.75) is 0 Å². The first-order valence-corrected chi connectivity index (χ1v) is 5.95. The lowest BCUT2D eigenvalue weighted by Gasteiger charge is -2.08. The fourth-order valence-electron chi connectivity index (χ4n) is 1.62. The minimum Gasteiger partial charge on any atom is -0.494 e. The standard InChI is InChI=1S/C14H12N2O5/c1-20-13-9-10(16(18)19)4-6-12(13)15-14(17)7-5-11-3-2-8-21-11/h2-9H,1H3,(H,15,17). The SMILES string of the molecule is COc1cc([N+](=O)[O-])ccc1NC(=O)C=Cc1ccco1. The quantitative estimate of drug-likeness (QED) is 0.518. The van der Waals surface area contributed by atoms with Crippen molar-refractivity contribution in [3.63, 3.8) is 0 Å². The summed E-state index contributed by atoms with van der Waals surface area (Å²) < 4.78 is 10.1. The lowest BCUT2D eigenvalue weighted by atomic mass is 10.2. The Balaban J connectivity index is 2.11. The largest absolute Gasteiger partial charge is 0.494 e. The van der Waals surface area contributed by atoms with E-state index >= 15 is 0 Å². The van der Waals surface area contributed by atoms with Crippen LogP contribution in [-0.4, -0.2) is 17.9 Å². The predicted molar refractivity (Wildman–Crippen MR) is 76.0 cm³/mol. The summed E-state index contributed by atoms with van der Waals surface area (Å²) in [7, 11) is 1.37. The van der Waals surface area contributed by atoms with E-state index in [1.165, 1.54) is 43.7 Å². The molecular weight excluding hydrogens is 276 g/mol. The number of methoxy groups -OCH3 is 1. The number of anilines is 1. The van der Waals surface area contributed by atoms with Crippen LogP contribution in [0.25, 0.3) is 6.08 Å². The van der Waals surface area contributed by atoms with Crippen LogP contribution in [0.4, 0.5) is 11.4 Å². The Morgan fingerprint density at radius 3 is 2.86 bits per heavy atom. The van der Waals surface area contributed by atoms with Gasteiger partial charge in [-0.15, -0.1) is 0 Å². The predicted octanol–water partition coefficient (Wildman–Crippen LogP) is 2.85.